The zero-order valence-corrected chi connectivity index (χ0v) is 16.4. The van der Waals surface area contributed by atoms with Gasteiger partial charge in [0.25, 0.3) is 5.91 Å². The maximum absolute atomic E-state index is 12.6. The van der Waals surface area contributed by atoms with E-state index in [4.69, 9.17) is 20.6 Å². The molecule has 1 aromatic heterocycles. The lowest BCUT2D eigenvalue weighted by Gasteiger charge is -2.24. The molecular weight excluding hydrogens is 390 g/mol. The summed E-state index contributed by atoms with van der Waals surface area (Å²) in [5.41, 5.74) is 0.405. The number of amides is 1. The number of aliphatic hydroxyl groups is 1. The highest BCUT2D eigenvalue weighted by Crippen LogP contribution is 2.42. The lowest BCUT2D eigenvalue weighted by atomic mass is 10.1. The molecule has 0 radical (unpaired) electrons. The lowest BCUT2D eigenvalue weighted by molar-refractivity contribution is -0.200. The van der Waals surface area contributed by atoms with Gasteiger partial charge in [0.2, 0.25) is 0 Å². The average Bonchev–Trinajstić information content (AvgIpc) is 3.21. The van der Waals surface area contributed by atoms with Crippen LogP contribution in [0.1, 0.15) is 36.0 Å². The number of carbonyl (C=O) groups is 1. The number of aromatic nitrogens is 2. The van der Waals surface area contributed by atoms with Crippen molar-refractivity contribution in [3.8, 4) is 12.3 Å². The van der Waals surface area contributed by atoms with Crippen molar-refractivity contribution in [3.05, 3.63) is 58.1 Å². The predicted octanol–water partition coefficient (Wildman–Crippen LogP) is 0.887. The fraction of sp³-hybridized carbons (Fsp3) is 0.381. The largest absolute Gasteiger partial charge is 0.394 e. The minimum Gasteiger partial charge on any atom is -0.394 e. The van der Waals surface area contributed by atoms with Gasteiger partial charge in [-0.25, -0.2) is 4.79 Å². The Balaban J connectivity index is 1.53. The first-order chi connectivity index (χ1) is 14.3. The summed E-state index contributed by atoms with van der Waals surface area (Å²) in [7, 11) is 0. The zero-order valence-electron chi connectivity index (χ0n) is 16.4. The molecule has 0 spiro atoms. The van der Waals surface area contributed by atoms with Gasteiger partial charge in [0.1, 0.15) is 24.1 Å². The van der Waals surface area contributed by atoms with Crippen LogP contribution >= 0.6 is 0 Å². The first-order valence-electron chi connectivity index (χ1n) is 9.40. The number of nitrogens with zero attached hydrogens (tertiary/aromatic N) is 2. The maximum atomic E-state index is 12.6. The van der Waals surface area contributed by atoms with Gasteiger partial charge in [-0.3, -0.25) is 9.36 Å². The van der Waals surface area contributed by atoms with Gasteiger partial charge in [0.15, 0.2) is 12.0 Å². The number of carbonyl (C=O) groups excluding carboxylic acids is 1. The fourth-order valence-corrected chi connectivity index (χ4v) is 3.61. The molecule has 2 saturated heterocycles. The molecule has 4 rings (SSSR count). The van der Waals surface area contributed by atoms with E-state index in [1.807, 2.05) is 0 Å². The van der Waals surface area contributed by atoms with Crippen molar-refractivity contribution in [1.29, 1.82) is 0 Å². The molecule has 0 aliphatic carbocycles. The molecule has 0 bridgehead atoms. The van der Waals surface area contributed by atoms with E-state index < -0.39 is 41.9 Å². The molecule has 1 amide bonds. The van der Waals surface area contributed by atoms with Crippen LogP contribution in [0.3, 0.4) is 0 Å². The number of aliphatic hydroxyl groups excluding tert-OH is 1. The van der Waals surface area contributed by atoms with Gasteiger partial charge in [0.05, 0.1) is 6.61 Å². The van der Waals surface area contributed by atoms with Crippen LogP contribution in [0.25, 0.3) is 0 Å². The number of anilines is 1. The molecule has 3 heterocycles. The van der Waals surface area contributed by atoms with Crippen molar-refractivity contribution in [2.24, 2.45) is 0 Å². The van der Waals surface area contributed by atoms with E-state index in [1.165, 1.54) is 16.8 Å². The third kappa shape index (κ3) is 3.74. The third-order valence-electron chi connectivity index (χ3n) is 4.96. The number of hydrogen-bond acceptors (Lipinski definition) is 7. The van der Waals surface area contributed by atoms with Crippen LogP contribution in [-0.2, 0) is 14.2 Å². The molecule has 2 aliphatic heterocycles. The van der Waals surface area contributed by atoms with E-state index in [-0.39, 0.29) is 12.4 Å². The quantitative estimate of drug-likeness (QED) is 0.719. The molecule has 156 valence electrons. The second-order valence-corrected chi connectivity index (χ2v) is 7.49. The molecule has 30 heavy (non-hydrogen) atoms. The van der Waals surface area contributed by atoms with Crippen molar-refractivity contribution < 1.29 is 24.1 Å². The molecule has 9 nitrogen and oxygen atoms in total. The Kier molecular flexibility index (Phi) is 5.17. The normalized spacial score (nSPS) is 26.7. The summed E-state index contributed by atoms with van der Waals surface area (Å²) in [5.74, 6) is 1.30. The monoisotopic (exact) mass is 411 g/mol. The molecule has 4 atom stereocenters. The van der Waals surface area contributed by atoms with Crippen molar-refractivity contribution in [3.63, 3.8) is 0 Å². The molecule has 9 heteroatoms. The molecule has 2 aliphatic rings. The van der Waals surface area contributed by atoms with Crippen LogP contribution in [0.2, 0.25) is 0 Å². The van der Waals surface area contributed by atoms with Crippen molar-refractivity contribution in [2.45, 2.75) is 44.2 Å². The third-order valence-corrected chi connectivity index (χ3v) is 4.96. The highest BCUT2D eigenvalue weighted by molar-refractivity contribution is 6.03. The first kappa shape index (κ1) is 20.3. The highest BCUT2D eigenvalue weighted by Gasteiger charge is 2.55. The van der Waals surface area contributed by atoms with E-state index in [2.05, 4.69) is 16.2 Å². The first-order valence-corrected chi connectivity index (χ1v) is 9.40. The van der Waals surface area contributed by atoms with Crippen molar-refractivity contribution in [2.75, 3.05) is 11.9 Å². The van der Waals surface area contributed by atoms with E-state index in [9.17, 15) is 14.7 Å². The van der Waals surface area contributed by atoms with E-state index in [1.54, 1.807) is 38.1 Å². The number of terminal acetylenes is 1. The highest BCUT2D eigenvalue weighted by atomic mass is 16.8. The maximum Gasteiger partial charge on any atom is 0.351 e. The van der Waals surface area contributed by atoms with Crippen LogP contribution in [0, 0.1) is 12.3 Å². The van der Waals surface area contributed by atoms with Crippen LogP contribution in [-0.4, -0.2) is 51.3 Å². The Labute approximate surface area is 172 Å². The Bertz CT molecular complexity index is 1060. The predicted molar refractivity (Wildman–Crippen MR) is 106 cm³/mol. The summed E-state index contributed by atoms with van der Waals surface area (Å²) in [5, 5.41) is 12.2. The topological polar surface area (TPSA) is 112 Å². The molecular formula is C21H21N3O6. The van der Waals surface area contributed by atoms with E-state index in [0.29, 0.717) is 11.1 Å². The summed E-state index contributed by atoms with van der Waals surface area (Å²) in [4.78, 5) is 28.9. The van der Waals surface area contributed by atoms with Gasteiger partial charge in [-0.05, 0) is 44.2 Å². The number of rotatable bonds is 4. The second kappa shape index (κ2) is 7.66. The summed E-state index contributed by atoms with van der Waals surface area (Å²) in [6.45, 7) is 3.24. The number of nitrogens with one attached hydrogen (secondary N) is 1. The minimum absolute atomic E-state index is 0.0967. The molecule has 2 fully saturated rings. The Morgan fingerprint density at radius 1 is 1.27 bits per heavy atom. The van der Waals surface area contributed by atoms with E-state index >= 15 is 0 Å². The van der Waals surface area contributed by atoms with Gasteiger partial charge in [-0.1, -0.05) is 5.92 Å². The lowest BCUT2D eigenvalue weighted by Crippen LogP contribution is -2.35. The molecule has 2 aromatic rings. The minimum atomic E-state index is -0.856. The van der Waals surface area contributed by atoms with Gasteiger partial charge in [-0.2, -0.15) is 4.98 Å². The van der Waals surface area contributed by atoms with Crippen molar-refractivity contribution >= 4 is 11.7 Å². The zero-order chi connectivity index (χ0) is 21.5. The summed E-state index contributed by atoms with van der Waals surface area (Å²) in [6.07, 6.45) is 4.25. The summed E-state index contributed by atoms with van der Waals surface area (Å²) < 4.78 is 18.7. The van der Waals surface area contributed by atoms with Crippen LogP contribution in [0.15, 0.2) is 41.3 Å². The van der Waals surface area contributed by atoms with Crippen LogP contribution in [0.4, 0.5) is 5.82 Å². The van der Waals surface area contributed by atoms with Crippen LogP contribution < -0.4 is 11.0 Å². The van der Waals surface area contributed by atoms with Gasteiger partial charge >= 0.3 is 5.69 Å². The smallest absolute Gasteiger partial charge is 0.351 e. The summed E-state index contributed by atoms with van der Waals surface area (Å²) >= 11 is 0. The van der Waals surface area contributed by atoms with Crippen molar-refractivity contribution in [1.82, 2.24) is 9.55 Å². The standard InChI is InChI=1S/C21H21N3O6/c1-4-12-5-7-13(8-6-12)18(26)22-15-9-10-24(20(27)23-15)19-17-16(14(11-25)28-19)29-21(2,3)30-17/h1,5-10,14,16-17,19,25H,11H2,2-3H3,(H,22,23,26,27)/t14-,16-,17-,19-/m1/s1. The second-order valence-electron chi connectivity index (χ2n) is 7.49. The molecule has 0 saturated carbocycles. The number of hydrogen-bond donors (Lipinski definition) is 2. The van der Waals surface area contributed by atoms with Gasteiger partial charge < -0.3 is 24.6 Å². The number of fused-ring (bicyclic) bond motifs is 1. The summed E-state index contributed by atoms with van der Waals surface area (Å²) in [6, 6.07) is 7.97. The van der Waals surface area contributed by atoms with Crippen LogP contribution in [0.5, 0.6) is 0 Å². The van der Waals surface area contributed by atoms with Gasteiger partial charge in [0, 0.05) is 17.3 Å². The molecule has 0 unspecified atom stereocenters. The number of benzene rings is 1. The molecule has 2 N–H and O–H groups in total. The SMILES string of the molecule is C#Cc1ccc(C(=O)Nc2ccn([C@@H]3O[C@H](CO)[C@H]4OC(C)(C)O[C@H]43)c(=O)n2)cc1. The Hall–Kier alpha value is -3.03. The van der Waals surface area contributed by atoms with Gasteiger partial charge in [-0.15, -0.1) is 6.42 Å². The molecule has 1 aromatic carbocycles. The average molecular weight is 411 g/mol. The Morgan fingerprint density at radius 2 is 1.97 bits per heavy atom. The number of ether oxygens (including phenoxy) is 3. The fourth-order valence-electron chi connectivity index (χ4n) is 3.61. The van der Waals surface area contributed by atoms with E-state index in [0.717, 1.165) is 0 Å². The Morgan fingerprint density at radius 3 is 2.60 bits per heavy atom.